The number of hydrogen-bond donors (Lipinski definition) is 1. The molecule has 136 valence electrons. The standard InChI is InChI=1S/C21H29NO3/c1-20(2,3)14-23-16-6-10-18(11-7-16)25-19-12-8-17(9-13-19)24-15-21(4,5)22/h6-13H,14-15,22H2,1-5H3. The Kier molecular flexibility index (Phi) is 5.96. The summed E-state index contributed by atoms with van der Waals surface area (Å²) in [4.78, 5) is 0. The van der Waals surface area contributed by atoms with Gasteiger partial charge in [0.05, 0.1) is 6.61 Å². The minimum absolute atomic E-state index is 0.137. The van der Waals surface area contributed by atoms with E-state index in [-0.39, 0.29) is 11.0 Å². The van der Waals surface area contributed by atoms with Crippen LogP contribution in [0.4, 0.5) is 0 Å². The van der Waals surface area contributed by atoms with E-state index in [1.807, 2.05) is 62.4 Å². The highest BCUT2D eigenvalue weighted by Gasteiger charge is 2.12. The van der Waals surface area contributed by atoms with Gasteiger partial charge in [0.25, 0.3) is 0 Å². The molecule has 0 aliphatic heterocycles. The van der Waals surface area contributed by atoms with Crippen LogP contribution in [0, 0.1) is 5.41 Å². The predicted octanol–water partition coefficient (Wildman–Crippen LogP) is 5.02. The average Bonchev–Trinajstić information content (AvgIpc) is 2.52. The van der Waals surface area contributed by atoms with E-state index in [1.165, 1.54) is 0 Å². The SMILES string of the molecule is CC(C)(C)COc1ccc(Oc2ccc(OCC(C)(C)N)cc2)cc1. The van der Waals surface area contributed by atoms with Crippen LogP contribution in [-0.2, 0) is 0 Å². The number of benzene rings is 2. The van der Waals surface area contributed by atoms with Gasteiger partial charge in [-0.25, -0.2) is 0 Å². The summed E-state index contributed by atoms with van der Waals surface area (Å²) in [5.74, 6) is 3.13. The second-order valence-corrected chi connectivity index (χ2v) is 8.17. The van der Waals surface area contributed by atoms with Crippen molar-refractivity contribution in [3.05, 3.63) is 48.5 Å². The molecule has 0 saturated carbocycles. The lowest BCUT2D eigenvalue weighted by Gasteiger charge is -2.19. The van der Waals surface area contributed by atoms with Gasteiger partial charge in [-0.2, -0.15) is 0 Å². The third-order valence-corrected chi connectivity index (χ3v) is 3.17. The molecule has 0 heterocycles. The molecule has 4 heteroatoms. The molecule has 0 bridgehead atoms. The third kappa shape index (κ3) is 7.48. The number of nitrogens with two attached hydrogens (primary N) is 1. The van der Waals surface area contributed by atoms with Gasteiger partial charge in [-0.05, 0) is 67.8 Å². The molecule has 0 unspecified atom stereocenters. The van der Waals surface area contributed by atoms with E-state index in [1.54, 1.807) is 0 Å². The molecule has 2 N–H and O–H groups in total. The molecule has 2 aromatic rings. The normalized spacial score (nSPS) is 11.9. The van der Waals surface area contributed by atoms with Crippen molar-refractivity contribution in [1.29, 1.82) is 0 Å². The lowest BCUT2D eigenvalue weighted by Crippen LogP contribution is -2.38. The second kappa shape index (κ2) is 7.79. The predicted molar refractivity (Wildman–Crippen MR) is 102 cm³/mol. The van der Waals surface area contributed by atoms with E-state index in [4.69, 9.17) is 19.9 Å². The quantitative estimate of drug-likeness (QED) is 0.767. The second-order valence-electron chi connectivity index (χ2n) is 8.17. The molecule has 0 fully saturated rings. The fourth-order valence-corrected chi connectivity index (χ4v) is 1.91. The molecule has 0 aromatic heterocycles. The lowest BCUT2D eigenvalue weighted by molar-refractivity contribution is 0.198. The topological polar surface area (TPSA) is 53.7 Å². The average molecular weight is 343 g/mol. The van der Waals surface area contributed by atoms with Crippen molar-refractivity contribution in [3.63, 3.8) is 0 Å². The van der Waals surface area contributed by atoms with E-state index >= 15 is 0 Å². The van der Waals surface area contributed by atoms with Gasteiger partial charge in [-0.15, -0.1) is 0 Å². The van der Waals surface area contributed by atoms with Crippen molar-refractivity contribution in [2.75, 3.05) is 13.2 Å². The Balaban J connectivity index is 1.89. The Hall–Kier alpha value is -2.20. The van der Waals surface area contributed by atoms with Crippen LogP contribution in [0.5, 0.6) is 23.0 Å². The van der Waals surface area contributed by atoms with Gasteiger partial charge in [0.1, 0.15) is 29.6 Å². The summed E-state index contributed by atoms with van der Waals surface area (Å²) >= 11 is 0. The van der Waals surface area contributed by atoms with Gasteiger partial charge in [0, 0.05) is 5.54 Å². The smallest absolute Gasteiger partial charge is 0.127 e. The molecule has 0 atom stereocenters. The van der Waals surface area contributed by atoms with Crippen LogP contribution in [0.2, 0.25) is 0 Å². The van der Waals surface area contributed by atoms with Crippen LogP contribution >= 0.6 is 0 Å². The van der Waals surface area contributed by atoms with Gasteiger partial charge in [-0.1, -0.05) is 20.8 Å². The Morgan fingerprint density at radius 3 is 1.36 bits per heavy atom. The van der Waals surface area contributed by atoms with Crippen molar-refractivity contribution in [3.8, 4) is 23.0 Å². The zero-order valence-electron chi connectivity index (χ0n) is 15.8. The van der Waals surface area contributed by atoms with Crippen LogP contribution in [0.3, 0.4) is 0 Å². The molecule has 0 amide bonds. The fraction of sp³-hybridized carbons (Fsp3) is 0.429. The van der Waals surface area contributed by atoms with E-state index in [0.717, 1.165) is 23.0 Å². The first kappa shape index (κ1) is 19.1. The van der Waals surface area contributed by atoms with Gasteiger partial charge in [-0.3, -0.25) is 0 Å². The van der Waals surface area contributed by atoms with Crippen LogP contribution in [0.1, 0.15) is 34.6 Å². The lowest BCUT2D eigenvalue weighted by atomic mass is 9.99. The highest BCUT2D eigenvalue weighted by molar-refractivity contribution is 5.37. The molecule has 0 radical (unpaired) electrons. The molecule has 0 aliphatic carbocycles. The molecule has 0 spiro atoms. The molecular weight excluding hydrogens is 314 g/mol. The highest BCUT2D eigenvalue weighted by atomic mass is 16.5. The Morgan fingerprint density at radius 2 is 1.00 bits per heavy atom. The third-order valence-electron chi connectivity index (χ3n) is 3.17. The summed E-state index contributed by atoms with van der Waals surface area (Å²) in [5, 5.41) is 0. The van der Waals surface area contributed by atoms with E-state index < -0.39 is 0 Å². The van der Waals surface area contributed by atoms with Gasteiger partial charge in [0.15, 0.2) is 0 Å². The first-order valence-electron chi connectivity index (χ1n) is 8.53. The van der Waals surface area contributed by atoms with Gasteiger partial charge < -0.3 is 19.9 Å². The number of hydrogen-bond acceptors (Lipinski definition) is 4. The maximum absolute atomic E-state index is 5.91. The van der Waals surface area contributed by atoms with E-state index in [2.05, 4.69) is 20.8 Å². The van der Waals surface area contributed by atoms with Crippen molar-refractivity contribution < 1.29 is 14.2 Å². The monoisotopic (exact) mass is 343 g/mol. The zero-order chi connectivity index (χ0) is 18.5. The summed E-state index contributed by atoms with van der Waals surface area (Å²) in [6.45, 7) is 11.4. The van der Waals surface area contributed by atoms with Crippen molar-refractivity contribution in [2.45, 2.75) is 40.2 Å². The summed E-state index contributed by atoms with van der Waals surface area (Å²) in [6, 6.07) is 15.2. The van der Waals surface area contributed by atoms with Gasteiger partial charge >= 0.3 is 0 Å². The molecular formula is C21H29NO3. The Bertz CT molecular complexity index is 590. The first-order chi connectivity index (χ1) is 11.6. The zero-order valence-corrected chi connectivity index (χ0v) is 15.8. The highest BCUT2D eigenvalue weighted by Crippen LogP contribution is 2.26. The molecule has 25 heavy (non-hydrogen) atoms. The van der Waals surface area contributed by atoms with Crippen molar-refractivity contribution in [1.82, 2.24) is 0 Å². The summed E-state index contributed by atoms with van der Waals surface area (Å²) in [5.41, 5.74) is 5.69. The van der Waals surface area contributed by atoms with Crippen LogP contribution in [0.15, 0.2) is 48.5 Å². The fourth-order valence-electron chi connectivity index (χ4n) is 1.91. The molecule has 2 rings (SSSR count). The minimum Gasteiger partial charge on any atom is -0.493 e. The van der Waals surface area contributed by atoms with E-state index in [0.29, 0.717) is 13.2 Å². The Labute approximate surface area is 150 Å². The number of rotatable bonds is 7. The van der Waals surface area contributed by atoms with Gasteiger partial charge in [0.2, 0.25) is 0 Å². The maximum atomic E-state index is 5.91. The van der Waals surface area contributed by atoms with Crippen molar-refractivity contribution >= 4 is 0 Å². The molecule has 2 aromatic carbocycles. The number of ether oxygens (including phenoxy) is 3. The summed E-state index contributed by atoms with van der Waals surface area (Å²) < 4.78 is 17.3. The summed E-state index contributed by atoms with van der Waals surface area (Å²) in [6.07, 6.45) is 0. The van der Waals surface area contributed by atoms with Crippen LogP contribution in [0.25, 0.3) is 0 Å². The largest absolute Gasteiger partial charge is 0.493 e. The molecule has 4 nitrogen and oxygen atoms in total. The first-order valence-corrected chi connectivity index (χ1v) is 8.53. The maximum Gasteiger partial charge on any atom is 0.127 e. The van der Waals surface area contributed by atoms with Crippen LogP contribution in [-0.4, -0.2) is 18.8 Å². The summed E-state index contributed by atoms with van der Waals surface area (Å²) in [7, 11) is 0. The van der Waals surface area contributed by atoms with Crippen molar-refractivity contribution in [2.24, 2.45) is 11.1 Å². The van der Waals surface area contributed by atoms with Crippen LogP contribution < -0.4 is 19.9 Å². The minimum atomic E-state index is -0.355. The Morgan fingerprint density at radius 1 is 0.640 bits per heavy atom. The molecule has 0 aliphatic rings. The molecule has 0 saturated heterocycles. The van der Waals surface area contributed by atoms with E-state index in [9.17, 15) is 0 Å².